The standard InChI is InChI=1S/C13H20N4O3S/c1-7-2-5-9(6-7)15-13(18)11-12(21(14,19)20)10(16-17-11)8-3-4-8/h7-9H,2-6H2,1H3,(H,15,18)(H,16,17)(H2,14,19,20). The van der Waals surface area contributed by atoms with E-state index in [0.717, 1.165) is 32.1 Å². The number of nitrogens with zero attached hydrogens (tertiary/aromatic N) is 1. The number of H-pyrrole nitrogens is 1. The van der Waals surface area contributed by atoms with Gasteiger partial charge in [0.2, 0.25) is 10.0 Å². The second-order valence-corrected chi connectivity index (χ2v) is 7.72. The molecular formula is C13H20N4O3S. The van der Waals surface area contributed by atoms with Crippen LogP contribution in [0.1, 0.15) is 61.1 Å². The van der Waals surface area contributed by atoms with Gasteiger partial charge in [0.25, 0.3) is 5.91 Å². The zero-order valence-electron chi connectivity index (χ0n) is 11.9. The number of amides is 1. The molecule has 116 valence electrons. The van der Waals surface area contributed by atoms with Gasteiger partial charge in [-0.1, -0.05) is 6.92 Å². The van der Waals surface area contributed by atoms with E-state index < -0.39 is 15.9 Å². The summed E-state index contributed by atoms with van der Waals surface area (Å²) in [5.41, 5.74) is 0.376. The number of hydrogen-bond donors (Lipinski definition) is 3. The van der Waals surface area contributed by atoms with Crippen molar-refractivity contribution in [3.05, 3.63) is 11.4 Å². The van der Waals surface area contributed by atoms with E-state index in [0.29, 0.717) is 11.6 Å². The molecule has 0 spiro atoms. The predicted molar refractivity (Wildman–Crippen MR) is 76.2 cm³/mol. The lowest BCUT2D eigenvalue weighted by molar-refractivity contribution is 0.0929. The van der Waals surface area contributed by atoms with Crippen LogP contribution in [-0.4, -0.2) is 30.6 Å². The van der Waals surface area contributed by atoms with E-state index in [1.54, 1.807) is 0 Å². The Bertz CT molecular complexity index is 663. The van der Waals surface area contributed by atoms with Gasteiger partial charge in [-0.3, -0.25) is 9.89 Å². The molecule has 1 amide bonds. The Kier molecular flexibility index (Phi) is 3.53. The molecule has 2 atom stereocenters. The lowest BCUT2D eigenvalue weighted by Crippen LogP contribution is -2.34. The van der Waals surface area contributed by atoms with Crippen molar-refractivity contribution in [3.8, 4) is 0 Å². The zero-order valence-corrected chi connectivity index (χ0v) is 12.7. The molecule has 0 radical (unpaired) electrons. The van der Waals surface area contributed by atoms with Gasteiger partial charge in [0.05, 0.1) is 5.69 Å². The van der Waals surface area contributed by atoms with Gasteiger partial charge in [-0.05, 0) is 38.0 Å². The van der Waals surface area contributed by atoms with Gasteiger partial charge < -0.3 is 5.32 Å². The molecule has 2 saturated carbocycles. The predicted octanol–water partition coefficient (Wildman–Crippen LogP) is 0.853. The largest absolute Gasteiger partial charge is 0.348 e. The van der Waals surface area contributed by atoms with Crippen LogP contribution in [0.4, 0.5) is 0 Å². The molecule has 1 heterocycles. The first-order valence-electron chi connectivity index (χ1n) is 7.28. The highest BCUT2D eigenvalue weighted by atomic mass is 32.2. The first-order valence-corrected chi connectivity index (χ1v) is 8.83. The van der Waals surface area contributed by atoms with Crippen LogP contribution in [0, 0.1) is 5.92 Å². The number of sulfonamides is 1. The maximum absolute atomic E-state index is 12.3. The Morgan fingerprint density at radius 3 is 2.57 bits per heavy atom. The Morgan fingerprint density at radius 2 is 2.05 bits per heavy atom. The molecule has 21 heavy (non-hydrogen) atoms. The summed E-state index contributed by atoms with van der Waals surface area (Å²) in [7, 11) is -3.97. The molecule has 4 N–H and O–H groups in total. The topological polar surface area (TPSA) is 118 Å². The molecule has 0 aliphatic heterocycles. The molecule has 7 nitrogen and oxygen atoms in total. The van der Waals surface area contributed by atoms with E-state index in [2.05, 4.69) is 22.4 Å². The second kappa shape index (κ2) is 5.10. The van der Waals surface area contributed by atoms with Crippen LogP contribution < -0.4 is 10.5 Å². The first-order chi connectivity index (χ1) is 9.86. The first kappa shape index (κ1) is 14.5. The van der Waals surface area contributed by atoms with Crippen molar-refractivity contribution in [3.63, 3.8) is 0 Å². The van der Waals surface area contributed by atoms with Crippen LogP contribution in [0.3, 0.4) is 0 Å². The van der Waals surface area contributed by atoms with Crippen LogP contribution in [0.25, 0.3) is 0 Å². The molecule has 3 rings (SSSR count). The number of nitrogens with two attached hydrogens (primary N) is 1. The fraction of sp³-hybridized carbons (Fsp3) is 0.692. The third-order valence-corrected chi connectivity index (χ3v) is 5.25. The lowest BCUT2D eigenvalue weighted by atomic mass is 10.1. The van der Waals surface area contributed by atoms with Crippen molar-refractivity contribution in [1.29, 1.82) is 0 Å². The number of nitrogens with one attached hydrogen (secondary N) is 2. The van der Waals surface area contributed by atoms with Gasteiger partial charge in [0.15, 0.2) is 5.69 Å². The number of carbonyl (C=O) groups excluding carboxylic acids is 1. The quantitative estimate of drug-likeness (QED) is 0.763. The van der Waals surface area contributed by atoms with Gasteiger partial charge in [0, 0.05) is 12.0 Å². The van der Waals surface area contributed by atoms with Gasteiger partial charge in [-0.15, -0.1) is 0 Å². The molecule has 1 aromatic rings. The van der Waals surface area contributed by atoms with E-state index in [-0.39, 0.29) is 22.5 Å². The summed E-state index contributed by atoms with van der Waals surface area (Å²) in [6, 6.07) is 0.0851. The monoisotopic (exact) mass is 312 g/mol. The van der Waals surface area contributed by atoms with Crippen LogP contribution in [0.15, 0.2) is 4.90 Å². The number of primary sulfonamides is 1. The van der Waals surface area contributed by atoms with Crippen LogP contribution in [0.5, 0.6) is 0 Å². The summed E-state index contributed by atoms with van der Waals surface area (Å²) in [5.74, 6) is 0.245. The van der Waals surface area contributed by atoms with E-state index in [9.17, 15) is 13.2 Å². The van der Waals surface area contributed by atoms with Crippen molar-refractivity contribution in [2.45, 2.75) is 55.9 Å². The highest BCUT2D eigenvalue weighted by Gasteiger charge is 2.36. The van der Waals surface area contributed by atoms with Crippen LogP contribution in [-0.2, 0) is 10.0 Å². The number of hydrogen-bond acceptors (Lipinski definition) is 4. The van der Waals surface area contributed by atoms with Crippen molar-refractivity contribution in [2.75, 3.05) is 0 Å². The molecule has 0 aromatic carbocycles. The molecule has 2 fully saturated rings. The number of rotatable bonds is 4. The highest BCUT2D eigenvalue weighted by Crippen LogP contribution is 2.42. The molecule has 2 unspecified atom stereocenters. The molecule has 8 heteroatoms. The number of aromatic nitrogens is 2. The van der Waals surface area contributed by atoms with E-state index in [1.807, 2.05) is 0 Å². The summed E-state index contributed by atoms with van der Waals surface area (Å²) < 4.78 is 23.6. The molecule has 1 aromatic heterocycles. The average Bonchev–Trinajstić information content (AvgIpc) is 2.98. The molecule has 0 saturated heterocycles. The van der Waals surface area contributed by atoms with E-state index >= 15 is 0 Å². The van der Waals surface area contributed by atoms with Crippen LogP contribution >= 0.6 is 0 Å². The fourth-order valence-electron chi connectivity index (χ4n) is 3.03. The van der Waals surface area contributed by atoms with E-state index in [4.69, 9.17) is 5.14 Å². The van der Waals surface area contributed by atoms with Crippen molar-refractivity contribution in [1.82, 2.24) is 15.5 Å². The summed E-state index contributed by atoms with van der Waals surface area (Å²) in [6.45, 7) is 2.14. The lowest BCUT2D eigenvalue weighted by Gasteiger charge is -2.11. The Hall–Kier alpha value is -1.41. The third-order valence-electron chi connectivity index (χ3n) is 4.26. The van der Waals surface area contributed by atoms with Gasteiger partial charge in [-0.25, -0.2) is 13.6 Å². The van der Waals surface area contributed by atoms with Gasteiger partial charge in [0.1, 0.15) is 4.90 Å². The average molecular weight is 312 g/mol. The minimum Gasteiger partial charge on any atom is -0.348 e. The number of aromatic amines is 1. The fourth-order valence-corrected chi connectivity index (χ4v) is 3.95. The normalized spacial score (nSPS) is 26.0. The minimum absolute atomic E-state index is 0.0851. The molecule has 2 aliphatic carbocycles. The van der Waals surface area contributed by atoms with Crippen LogP contribution in [0.2, 0.25) is 0 Å². The molecule has 2 aliphatic rings. The Balaban J connectivity index is 1.86. The zero-order chi connectivity index (χ0) is 15.2. The second-order valence-electron chi connectivity index (χ2n) is 6.22. The van der Waals surface area contributed by atoms with Crippen molar-refractivity contribution < 1.29 is 13.2 Å². The van der Waals surface area contributed by atoms with Crippen molar-refractivity contribution >= 4 is 15.9 Å². The smallest absolute Gasteiger partial charge is 0.273 e. The van der Waals surface area contributed by atoms with E-state index in [1.165, 1.54) is 0 Å². The minimum atomic E-state index is -3.97. The maximum atomic E-state index is 12.3. The van der Waals surface area contributed by atoms with Gasteiger partial charge in [-0.2, -0.15) is 5.10 Å². The number of carbonyl (C=O) groups is 1. The summed E-state index contributed by atoms with van der Waals surface area (Å²) in [6.07, 6.45) is 4.69. The molecule has 0 bridgehead atoms. The SMILES string of the molecule is CC1CCC(NC(=O)c2n[nH]c(C3CC3)c2S(N)(=O)=O)C1. The summed E-state index contributed by atoms with van der Waals surface area (Å²) in [5, 5.41) is 14.7. The Labute approximate surface area is 123 Å². The summed E-state index contributed by atoms with van der Waals surface area (Å²) >= 11 is 0. The summed E-state index contributed by atoms with van der Waals surface area (Å²) in [4.78, 5) is 12.2. The van der Waals surface area contributed by atoms with Crippen molar-refractivity contribution in [2.24, 2.45) is 11.1 Å². The van der Waals surface area contributed by atoms with Gasteiger partial charge >= 0.3 is 0 Å². The third kappa shape index (κ3) is 2.96. The Morgan fingerprint density at radius 1 is 1.33 bits per heavy atom. The maximum Gasteiger partial charge on any atom is 0.273 e. The highest BCUT2D eigenvalue weighted by molar-refractivity contribution is 7.89. The molecular weight excluding hydrogens is 292 g/mol.